The van der Waals surface area contributed by atoms with E-state index in [9.17, 15) is 29.4 Å². The number of rotatable bonds is 16. The van der Waals surface area contributed by atoms with Gasteiger partial charge in [-0.05, 0) is 47.8 Å². The minimum atomic E-state index is -1.20. The number of carboxylic acid groups (broad SMARTS) is 1. The van der Waals surface area contributed by atoms with Crippen LogP contribution in [0.15, 0.2) is 67.3 Å². The smallest absolute Gasteiger partial charge is 0.326 e. The molecule has 2 aromatic heterocycles. The Morgan fingerprint density at radius 3 is 2.22 bits per heavy atom. The van der Waals surface area contributed by atoms with Crippen molar-refractivity contribution in [2.45, 2.75) is 49.9 Å². The zero-order valence-corrected chi connectivity index (χ0v) is 25.5. The Morgan fingerprint density at radius 1 is 0.889 bits per heavy atom. The molecule has 9 N–H and O–H groups in total. The number of hydrogen-bond acceptors (Lipinski definition) is 8. The Labute approximate surface area is 263 Å². The van der Waals surface area contributed by atoms with Gasteiger partial charge < -0.3 is 41.9 Å². The molecule has 4 rings (SSSR count). The molecule has 4 unspecified atom stereocenters. The standard InChI is InChI=1S/C31H37N7O6S/c1-45-11-10-25(31(43)44)36-29(41)26(12-18-6-8-21(39)9-7-18)38-30(42)27(13-19-15-34-24-5-3-2-4-22(19)24)37-28(40)23(32)14-20-16-33-17-35-20/h2-9,15-17,23,25-27,34,39H,10-14,32H2,1H3,(H,33,35)(H,36,41)(H,37,40)(H,38,42)(H,43,44). The maximum Gasteiger partial charge on any atom is 0.326 e. The highest BCUT2D eigenvalue weighted by atomic mass is 32.2. The highest BCUT2D eigenvalue weighted by molar-refractivity contribution is 7.98. The van der Waals surface area contributed by atoms with E-state index in [1.165, 1.54) is 30.2 Å². The first kappa shape index (κ1) is 33.1. The molecule has 3 amide bonds. The number of amides is 3. The summed E-state index contributed by atoms with van der Waals surface area (Å²) in [5.41, 5.74) is 9.04. The van der Waals surface area contributed by atoms with Crippen LogP contribution in [0.1, 0.15) is 23.2 Å². The van der Waals surface area contributed by atoms with Crippen molar-refractivity contribution in [3.8, 4) is 5.75 Å². The average molecular weight is 636 g/mol. The second kappa shape index (κ2) is 15.8. The zero-order valence-electron chi connectivity index (χ0n) is 24.7. The fourth-order valence-electron chi connectivity index (χ4n) is 4.85. The summed E-state index contributed by atoms with van der Waals surface area (Å²) in [7, 11) is 0. The van der Waals surface area contributed by atoms with Crippen LogP contribution in [0.5, 0.6) is 5.75 Å². The fraction of sp³-hybridized carbons (Fsp3) is 0.323. The summed E-state index contributed by atoms with van der Waals surface area (Å²) in [5, 5.41) is 28.3. The largest absolute Gasteiger partial charge is 0.508 e. The molecule has 4 atom stereocenters. The molecule has 2 aromatic carbocycles. The highest BCUT2D eigenvalue weighted by Gasteiger charge is 2.31. The molecule has 0 saturated carbocycles. The molecule has 2 heterocycles. The van der Waals surface area contributed by atoms with Crippen LogP contribution in [0.3, 0.4) is 0 Å². The second-order valence-corrected chi connectivity index (χ2v) is 11.6. The highest BCUT2D eigenvalue weighted by Crippen LogP contribution is 2.20. The first-order valence-electron chi connectivity index (χ1n) is 14.3. The molecule has 0 radical (unpaired) electrons. The van der Waals surface area contributed by atoms with Crippen molar-refractivity contribution >= 4 is 46.4 Å². The first-order chi connectivity index (χ1) is 21.6. The number of aromatic hydroxyl groups is 1. The van der Waals surface area contributed by atoms with Gasteiger partial charge in [-0.15, -0.1) is 0 Å². The van der Waals surface area contributed by atoms with E-state index in [-0.39, 0.29) is 31.4 Å². The number of fused-ring (bicyclic) bond motifs is 1. The van der Waals surface area contributed by atoms with Crippen molar-refractivity contribution in [3.05, 3.63) is 84.1 Å². The number of aromatic amines is 2. The average Bonchev–Trinajstić information content (AvgIpc) is 3.69. The van der Waals surface area contributed by atoms with Gasteiger partial charge in [-0.3, -0.25) is 14.4 Å². The van der Waals surface area contributed by atoms with E-state index < -0.39 is 47.9 Å². The number of nitrogens with one attached hydrogen (secondary N) is 5. The number of hydrogen-bond donors (Lipinski definition) is 8. The number of para-hydroxylation sites is 1. The lowest BCUT2D eigenvalue weighted by Gasteiger charge is -2.25. The fourth-order valence-corrected chi connectivity index (χ4v) is 5.32. The van der Waals surface area contributed by atoms with Gasteiger partial charge in [-0.1, -0.05) is 30.3 Å². The second-order valence-electron chi connectivity index (χ2n) is 10.6. The summed E-state index contributed by atoms with van der Waals surface area (Å²) in [6.45, 7) is 0. The van der Waals surface area contributed by atoms with Crippen LogP contribution in [0.2, 0.25) is 0 Å². The minimum absolute atomic E-state index is 0.000188. The number of aromatic nitrogens is 3. The molecular weight excluding hydrogens is 598 g/mol. The first-order valence-corrected chi connectivity index (χ1v) is 15.7. The molecule has 0 saturated heterocycles. The van der Waals surface area contributed by atoms with E-state index in [0.29, 0.717) is 17.0 Å². The number of carbonyl (C=O) groups excluding carboxylic acids is 3. The van der Waals surface area contributed by atoms with E-state index >= 15 is 0 Å². The lowest BCUT2D eigenvalue weighted by molar-refractivity contribution is -0.142. The molecule has 238 valence electrons. The van der Waals surface area contributed by atoms with E-state index in [1.54, 1.807) is 24.5 Å². The molecule has 0 spiro atoms. The molecule has 0 aliphatic heterocycles. The van der Waals surface area contributed by atoms with E-state index in [1.807, 2.05) is 30.5 Å². The Morgan fingerprint density at radius 2 is 1.56 bits per heavy atom. The predicted molar refractivity (Wildman–Crippen MR) is 171 cm³/mol. The van der Waals surface area contributed by atoms with Crippen LogP contribution in [-0.4, -0.2) is 85.0 Å². The van der Waals surface area contributed by atoms with E-state index in [4.69, 9.17) is 5.73 Å². The van der Waals surface area contributed by atoms with Gasteiger partial charge in [-0.2, -0.15) is 11.8 Å². The van der Waals surface area contributed by atoms with Crippen LogP contribution < -0.4 is 21.7 Å². The number of nitrogens with zero attached hydrogens (tertiary/aromatic N) is 1. The van der Waals surface area contributed by atoms with Gasteiger partial charge in [0.05, 0.1) is 12.4 Å². The van der Waals surface area contributed by atoms with Gasteiger partial charge in [0.15, 0.2) is 0 Å². The van der Waals surface area contributed by atoms with Crippen molar-refractivity contribution in [2.75, 3.05) is 12.0 Å². The summed E-state index contributed by atoms with van der Waals surface area (Å²) in [6, 6.07) is 9.14. The lowest BCUT2D eigenvalue weighted by atomic mass is 10.0. The molecule has 45 heavy (non-hydrogen) atoms. The lowest BCUT2D eigenvalue weighted by Crippen LogP contribution is -2.58. The monoisotopic (exact) mass is 635 g/mol. The van der Waals surface area contributed by atoms with Crippen LogP contribution in [0.25, 0.3) is 10.9 Å². The Hall–Kier alpha value is -4.82. The van der Waals surface area contributed by atoms with Crippen molar-refractivity contribution in [1.29, 1.82) is 0 Å². The van der Waals surface area contributed by atoms with Crippen LogP contribution in [0.4, 0.5) is 0 Å². The van der Waals surface area contributed by atoms with Gasteiger partial charge in [0, 0.05) is 48.3 Å². The maximum atomic E-state index is 13.9. The number of imidazole rings is 1. The number of nitrogens with two attached hydrogens (primary N) is 1. The molecule has 0 aliphatic carbocycles. The quantitative estimate of drug-likeness (QED) is 0.0888. The van der Waals surface area contributed by atoms with Crippen molar-refractivity contribution in [3.63, 3.8) is 0 Å². The normalized spacial score (nSPS) is 13.8. The third kappa shape index (κ3) is 9.33. The summed E-state index contributed by atoms with van der Waals surface area (Å²) in [6.07, 6.45) is 7.05. The van der Waals surface area contributed by atoms with Crippen LogP contribution >= 0.6 is 11.8 Å². The number of thioether (sulfide) groups is 1. The number of benzene rings is 2. The number of phenols is 1. The molecule has 13 nitrogen and oxygen atoms in total. The molecule has 0 aliphatic rings. The van der Waals surface area contributed by atoms with E-state index in [2.05, 4.69) is 30.9 Å². The number of phenolic OH excluding ortho intramolecular Hbond substituents is 1. The zero-order chi connectivity index (χ0) is 32.3. The number of H-pyrrole nitrogens is 2. The molecular formula is C31H37N7O6S. The summed E-state index contributed by atoms with van der Waals surface area (Å²) in [5.74, 6) is -2.59. The van der Waals surface area contributed by atoms with Crippen molar-refractivity contribution in [1.82, 2.24) is 30.9 Å². The van der Waals surface area contributed by atoms with Gasteiger partial charge in [0.25, 0.3) is 0 Å². The molecule has 0 bridgehead atoms. The molecule has 0 fully saturated rings. The third-order valence-corrected chi connectivity index (χ3v) is 7.94. The number of carbonyl (C=O) groups is 4. The number of carboxylic acids is 1. The summed E-state index contributed by atoms with van der Waals surface area (Å²) in [4.78, 5) is 62.5. The topological polar surface area (TPSA) is 215 Å². The Kier molecular flexibility index (Phi) is 11.6. The SMILES string of the molecule is CSCCC(NC(=O)C(Cc1ccc(O)cc1)NC(=O)C(Cc1c[nH]c2ccccc12)NC(=O)C(N)Cc1cnc[nH]1)C(=O)O. The summed E-state index contributed by atoms with van der Waals surface area (Å²) >= 11 is 1.45. The van der Waals surface area contributed by atoms with Gasteiger partial charge in [0.1, 0.15) is 23.9 Å². The molecule has 14 heteroatoms. The van der Waals surface area contributed by atoms with Crippen LogP contribution in [0, 0.1) is 0 Å². The van der Waals surface area contributed by atoms with Gasteiger partial charge in [-0.25, -0.2) is 9.78 Å². The third-order valence-electron chi connectivity index (χ3n) is 7.30. The van der Waals surface area contributed by atoms with Crippen molar-refractivity contribution < 1.29 is 29.4 Å². The van der Waals surface area contributed by atoms with E-state index in [0.717, 1.165) is 16.5 Å². The van der Waals surface area contributed by atoms with Crippen LogP contribution in [-0.2, 0) is 38.4 Å². The van der Waals surface area contributed by atoms with Gasteiger partial charge in [0.2, 0.25) is 17.7 Å². The predicted octanol–water partition coefficient (Wildman–Crippen LogP) is 1.24. The van der Waals surface area contributed by atoms with Gasteiger partial charge >= 0.3 is 5.97 Å². The number of aliphatic carboxylic acids is 1. The summed E-state index contributed by atoms with van der Waals surface area (Å²) < 4.78 is 0. The van der Waals surface area contributed by atoms with Crippen molar-refractivity contribution in [2.24, 2.45) is 5.73 Å². The Bertz CT molecular complexity index is 1590. The minimum Gasteiger partial charge on any atom is -0.508 e. The Balaban J connectivity index is 1.59. The molecule has 4 aromatic rings. The maximum absolute atomic E-state index is 13.9.